The first kappa shape index (κ1) is 15.0. The Bertz CT molecular complexity index is 712. The Kier molecular flexibility index (Phi) is 4.40. The number of pyridine rings is 1. The van der Waals surface area contributed by atoms with Gasteiger partial charge in [0.1, 0.15) is 11.8 Å². The number of halogens is 1. The first-order chi connectivity index (χ1) is 10.6. The van der Waals surface area contributed by atoms with Crippen LogP contribution in [-0.2, 0) is 22.6 Å². The second-order valence-corrected chi connectivity index (χ2v) is 6.64. The lowest BCUT2D eigenvalue weighted by Gasteiger charge is -2.24. The zero-order chi connectivity index (χ0) is 15.5. The lowest BCUT2D eigenvalue weighted by molar-refractivity contribution is -0.135. The first-order valence-electron chi connectivity index (χ1n) is 6.74. The molecule has 0 spiro atoms. The Morgan fingerprint density at radius 1 is 1.32 bits per heavy atom. The number of carbonyl (C=O) groups is 1. The molecule has 1 aliphatic heterocycles. The van der Waals surface area contributed by atoms with E-state index < -0.39 is 0 Å². The summed E-state index contributed by atoms with van der Waals surface area (Å²) in [6.07, 6.45) is 5.15. The number of esters is 1. The molecule has 0 saturated carbocycles. The predicted molar refractivity (Wildman–Crippen MR) is 84.4 cm³/mol. The van der Waals surface area contributed by atoms with Crippen LogP contribution in [0.15, 0.2) is 36.3 Å². The summed E-state index contributed by atoms with van der Waals surface area (Å²) < 4.78 is 5.02. The van der Waals surface area contributed by atoms with E-state index in [0.29, 0.717) is 24.8 Å². The number of hydrogen-bond acceptors (Lipinski definition) is 6. The Hall–Kier alpha value is -1.92. The lowest BCUT2D eigenvalue weighted by Crippen LogP contribution is -2.22. The molecule has 1 aliphatic rings. The van der Waals surface area contributed by atoms with Crippen molar-refractivity contribution in [2.45, 2.75) is 20.0 Å². The van der Waals surface area contributed by atoms with Gasteiger partial charge in [0.2, 0.25) is 0 Å². The molecule has 0 amide bonds. The van der Waals surface area contributed by atoms with Crippen molar-refractivity contribution >= 4 is 28.9 Å². The van der Waals surface area contributed by atoms with Crippen LogP contribution >= 0.6 is 22.9 Å². The third-order valence-electron chi connectivity index (χ3n) is 3.23. The Labute approximate surface area is 137 Å². The van der Waals surface area contributed by atoms with E-state index >= 15 is 0 Å². The van der Waals surface area contributed by atoms with E-state index in [1.807, 2.05) is 19.2 Å². The van der Waals surface area contributed by atoms with Gasteiger partial charge in [-0.05, 0) is 18.6 Å². The summed E-state index contributed by atoms with van der Waals surface area (Å²) in [4.78, 5) is 23.0. The second kappa shape index (κ2) is 6.46. The van der Waals surface area contributed by atoms with E-state index in [1.165, 1.54) is 6.08 Å². The highest BCUT2D eigenvalue weighted by atomic mass is 35.5. The third kappa shape index (κ3) is 3.64. The number of cyclic esters (lactones) is 1. The summed E-state index contributed by atoms with van der Waals surface area (Å²) in [5, 5.41) is 1.49. The summed E-state index contributed by atoms with van der Waals surface area (Å²) in [7, 11) is 0. The molecule has 0 aliphatic carbocycles. The number of carbonyl (C=O) groups excluding carboxylic acids is 1. The molecule has 3 rings (SSSR count). The van der Waals surface area contributed by atoms with Crippen molar-refractivity contribution in [1.29, 1.82) is 0 Å². The van der Waals surface area contributed by atoms with Gasteiger partial charge < -0.3 is 9.64 Å². The highest BCUT2D eigenvalue weighted by Crippen LogP contribution is 2.22. The fourth-order valence-electron chi connectivity index (χ4n) is 2.19. The Balaban J connectivity index is 1.80. The maximum atomic E-state index is 11.3. The van der Waals surface area contributed by atoms with Crippen LogP contribution in [0, 0.1) is 6.92 Å². The van der Waals surface area contributed by atoms with E-state index in [4.69, 9.17) is 16.3 Å². The molecule has 114 valence electrons. The fourth-order valence-corrected chi connectivity index (χ4v) is 3.12. The number of aryl methyl sites for hydroxylation is 1. The van der Waals surface area contributed by atoms with E-state index in [2.05, 4.69) is 14.9 Å². The quantitative estimate of drug-likeness (QED) is 0.621. The van der Waals surface area contributed by atoms with Crippen molar-refractivity contribution in [3.8, 4) is 0 Å². The van der Waals surface area contributed by atoms with Gasteiger partial charge in [-0.2, -0.15) is 0 Å². The number of thiazole rings is 1. The van der Waals surface area contributed by atoms with Gasteiger partial charge in [0.05, 0.1) is 17.2 Å². The van der Waals surface area contributed by atoms with Gasteiger partial charge >= 0.3 is 5.97 Å². The zero-order valence-corrected chi connectivity index (χ0v) is 13.5. The second-order valence-electron chi connectivity index (χ2n) is 4.93. The number of ether oxygens (including phenoxy) is 1. The molecule has 0 radical (unpaired) electrons. The number of nitrogens with zero attached hydrogens (tertiary/aromatic N) is 3. The fraction of sp³-hybridized carbons (Fsp3) is 0.267. The molecule has 0 N–H and O–H groups in total. The topological polar surface area (TPSA) is 55.3 Å². The van der Waals surface area contributed by atoms with Crippen molar-refractivity contribution in [2.24, 2.45) is 0 Å². The molecule has 0 aromatic carbocycles. The standard InChI is InChI=1S/C15H14ClN3O2S/c1-10-17-6-13(22-10)8-19(12-4-15(20)21-9-12)7-11-2-3-14(16)18-5-11/h2-6H,7-9H2,1H3. The van der Waals surface area contributed by atoms with Crippen LogP contribution in [0.5, 0.6) is 0 Å². The minimum Gasteiger partial charge on any atom is -0.456 e. The summed E-state index contributed by atoms with van der Waals surface area (Å²) in [6.45, 7) is 3.58. The normalized spacial score (nSPS) is 13.9. The maximum absolute atomic E-state index is 11.3. The van der Waals surface area contributed by atoms with Crippen molar-refractivity contribution in [1.82, 2.24) is 14.9 Å². The molecule has 2 aromatic heterocycles. The Morgan fingerprint density at radius 2 is 2.18 bits per heavy atom. The molecule has 5 nitrogen and oxygen atoms in total. The van der Waals surface area contributed by atoms with Gasteiger partial charge in [-0.3, -0.25) is 0 Å². The van der Waals surface area contributed by atoms with Crippen LogP contribution in [0.3, 0.4) is 0 Å². The van der Waals surface area contributed by atoms with Crippen LogP contribution < -0.4 is 0 Å². The third-order valence-corrected chi connectivity index (χ3v) is 4.35. The molecule has 3 heterocycles. The van der Waals surface area contributed by atoms with Gasteiger partial charge in [-0.1, -0.05) is 17.7 Å². The number of aromatic nitrogens is 2. The van der Waals surface area contributed by atoms with Crippen molar-refractivity contribution in [3.05, 3.63) is 56.9 Å². The molecular weight excluding hydrogens is 322 g/mol. The Morgan fingerprint density at radius 3 is 2.77 bits per heavy atom. The van der Waals surface area contributed by atoms with Gasteiger partial charge in [0, 0.05) is 29.9 Å². The van der Waals surface area contributed by atoms with Gasteiger partial charge in [0.15, 0.2) is 0 Å². The van der Waals surface area contributed by atoms with Crippen LogP contribution in [0.4, 0.5) is 0 Å². The van der Waals surface area contributed by atoms with E-state index in [1.54, 1.807) is 23.6 Å². The SMILES string of the molecule is Cc1ncc(CN(Cc2ccc(Cl)nc2)C2=CC(=O)OC2)s1. The summed E-state index contributed by atoms with van der Waals surface area (Å²) in [5.74, 6) is -0.297. The largest absolute Gasteiger partial charge is 0.456 e. The summed E-state index contributed by atoms with van der Waals surface area (Å²) >= 11 is 7.47. The molecule has 0 unspecified atom stereocenters. The minimum absolute atomic E-state index is 0.297. The lowest BCUT2D eigenvalue weighted by atomic mass is 10.2. The van der Waals surface area contributed by atoms with Gasteiger partial charge in [0.25, 0.3) is 0 Å². The smallest absolute Gasteiger partial charge is 0.333 e. The van der Waals surface area contributed by atoms with Gasteiger partial charge in [-0.15, -0.1) is 11.3 Å². The summed E-state index contributed by atoms with van der Waals surface area (Å²) in [5.41, 5.74) is 1.89. The molecule has 7 heteroatoms. The van der Waals surface area contributed by atoms with Crippen molar-refractivity contribution < 1.29 is 9.53 Å². The monoisotopic (exact) mass is 335 g/mol. The number of rotatable bonds is 5. The first-order valence-corrected chi connectivity index (χ1v) is 7.93. The predicted octanol–water partition coefficient (Wildman–Crippen LogP) is 2.94. The van der Waals surface area contributed by atoms with E-state index in [9.17, 15) is 4.79 Å². The van der Waals surface area contributed by atoms with Gasteiger partial charge in [-0.25, -0.2) is 14.8 Å². The molecule has 0 saturated heterocycles. The van der Waals surface area contributed by atoms with Crippen LogP contribution in [0.25, 0.3) is 0 Å². The van der Waals surface area contributed by atoms with Crippen LogP contribution in [0.2, 0.25) is 5.15 Å². The van der Waals surface area contributed by atoms with E-state index in [0.717, 1.165) is 21.1 Å². The molecular formula is C15H14ClN3O2S. The van der Waals surface area contributed by atoms with Crippen LogP contribution in [0.1, 0.15) is 15.4 Å². The maximum Gasteiger partial charge on any atom is 0.333 e. The van der Waals surface area contributed by atoms with E-state index in [-0.39, 0.29) is 5.97 Å². The molecule has 22 heavy (non-hydrogen) atoms. The van der Waals surface area contributed by atoms with Crippen molar-refractivity contribution in [2.75, 3.05) is 6.61 Å². The zero-order valence-electron chi connectivity index (χ0n) is 12.0. The minimum atomic E-state index is -0.297. The highest BCUT2D eigenvalue weighted by molar-refractivity contribution is 7.11. The average molecular weight is 336 g/mol. The molecule has 0 bridgehead atoms. The summed E-state index contributed by atoms with van der Waals surface area (Å²) in [6, 6.07) is 3.69. The van der Waals surface area contributed by atoms with Crippen molar-refractivity contribution in [3.63, 3.8) is 0 Å². The van der Waals surface area contributed by atoms with Crippen LogP contribution in [-0.4, -0.2) is 27.4 Å². The highest BCUT2D eigenvalue weighted by Gasteiger charge is 2.20. The number of hydrogen-bond donors (Lipinski definition) is 0. The average Bonchev–Trinajstić information content (AvgIpc) is 3.09. The molecule has 2 aromatic rings. The molecule has 0 fully saturated rings. The molecule has 0 atom stereocenters.